The monoisotopic (exact) mass is 277 g/mol. The lowest BCUT2D eigenvalue weighted by molar-refractivity contribution is 0.0819. The van der Waals surface area contributed by atoms with Crippen molar-refractivity contribution in [1.29, 1.82) is 0 Å². The van der Waals surface area contributed by atoms with Crippen LogP contribution in [0.25, 0.3) is 0 Å². The average Bonchev–Trinajstić information content (AvgIpc) is 2.53. The molecule has 0 bridgehead atoms. The van der Waals surface area contributed by atoms with Crippen LogP contribution < -0.4 is 10.2 Å². The molecule has 2 rings (SSSR count). The summed E-state index contributed by atoms with van der Waals surface area (Å²) in [5.41, 5.74) is 2.37. The quantitative estimate of drug-likeness (QED) is 0.867. The van der Waals surface area contributed by atoms with E-state index in [1.165, 1.54) is 5.69 Å². The minimum absolute atomic E-state index is 0.369. The molecule has 2 heterocycles. The number of rotatable bonds is 6. The molecule has 112 valence electrons. The molecule has 0 radical (unpaired) electrons. The molecule has 0 aliphatic carbocycles. The van der Waals surface area contributed by atoms with Gasteiger partial charge in [0.2, 0.25) is 0 Å². The van der Waals surface area contributed by atoms with Crippen LogP contribution in [-0.2, 0) is 4.74 Å². The van der Waals surface area contributed by atoms with Crippen LogP contribution in [0.2, 0.25) is 0 Å². The Hall–Kier alpha value is -1.13. The van der Waals surface area contributed by atoms with Gasteiger partial charge in [-0.2, -0.15) is 0 Å². The maximum Gasteiger partial charge on any atom is 0.0605 e. The fourth-order valence-corrected chi connectivity index (χ4v) is 2.84. The zero-order chi connectivity index (χ0) is 14.4. The molecule has 1 aromatic rings. The molecule has 0 spiro atoms. The van der Waals surface area contributed by atoms with Crippen molar-refractivity contribution in [3.05, 3.63) is 24.0 Å². The first-order valence-electron chi connectivity index (χ1n) is 7.75. The van der Waals surface area contributed by atoms with Gasteiger partial charge in [0.15, 0.2) is 0 Å². The van der Waals surface area contributed by atoms with E-state index in [1.54, 1.807) is 0 Å². The fourth-order valence-electron chi connectivity index (χ4n) is 2.84. The summed E-state index contributed by atoms with van der Waals surface area (Å²) in [7, 11) is 1.81. The van der Waals surface area contributed by atoms with E-state index in [2.05, 4.69) is 41.2 Å². The van der Waals surface area contributed by atoms with E-state index in [4.69, 9.17) is 4.74 Å². The van der Waals surface area contributed by atoms with Crippen molar-refractivity contribution in [3.8, 4) is 0 Å². The number of hydrogen-bond donors (Lipinski definition) is 1. The number of anilines is 1. The van der Waals surface area contributed by atoms with Crippen LogP contribution in [0.3, 0.4) is 0 Å². The predicted octanol–water partition coefficient (Wildman–Crippen LogP) is 2.76. The minimum Gasteiger partial charge on any atom is -0.381 e. The van der Waals surface area contributed by atoms with Gasteiger partial charge in [-0.3, -0.25) is 4.98 Å². The average molecular weight is 277 g/mol. The van der Waals surface area contributed by atoms with E-state index in [0.29, 0.717) is 12.1 Å². The van der Waals surface area contributed by atoms with Gasteiger partial charge in [0.1, 0.15) is 0 Å². The molecule has 1 N–H and O–H groups in total. The maximum atomic E-state index is 5.42. The topological polar surface area (TPSA) is 37.4 Å². The summed E-state index contributed by atoms with van der Waals surface area (Å²) in [5.74, 6) is 0. The highest BCUT2D eigenvalue weighted by Crippen LogP contribution is 2.22. The molecule has 4 nitrogen and oxygen atoms in total. The number of piperidine rings is 1. The van der Waals surface area contributed by atoms with E-state index in [-0.39, 0.29) is 0 Å². The lowest BCUT2D eigenvalue weighted by Crippen LogP contribution is -2.36. The lowest BCUT2D eigenvalue weighted by atomic mass is 10.1. The molecule has 4 heteroatoms. The number of ether oxygens (including phenoxy) is 1. The first-order chi connectivity index (χ1) is 9.78. The van der Waals surface area contributed by atoms with Crippen LogP contribution in [0.5, 0.6) is 0 Å². The Morgan fingerprint density at radius 1 is 1.35 bits per heavy atom. The smallest absolute Gasteiger partial charge is 0.0605 e. The van der Waals surface area contributed by atoms with Gasteiger partial charge in [0.05, 0.1) is 23.7 Å². The van der Waals surface area contributed by atoms with E-state index in [1.807, 2.05) is 13.3 Å². The fraction of sp³-hybridized carbons (Fsp3) is 0.688. The van der Waals surface area contributed by atoms with E-state index in [0.717, 1.165) is 44.6 Å². The lowest BCUT2D eigenvalue weighted by Gasteiger charge is -2.32. The van der Waals surface area contributed by atoms with Crippen molar-refractivity contribution in [2.45, 2.75) is 45.3 Å². The standard InChI is InChI=1S/C16H27N3O/c1-4-15(17-5-2)16-7-6-13(12-18-16)19-10-8-14(20-3)9-11-19/h6-7,12,14-15,17H,4-5,8-11H2,1-3H3. The van der Waals surface area contributed by atoms with Gasteiger partial charge in [0, 0.05) is 26.2 Å². The first-order valence-corrected chi connectivity index (χ1v) is 7.75. The second-order valence-corrected chi connectivity index (χ2v) is 5.38. The number of nitrogens with one attached hydrogen (secondary N) is 1. The van der Waals surface area contributed by atoms with Gasteiger partial charge in [-0.1, -0.05) is 13.8 Å². The third-order valence-corrected chi connectivity index (χ3v) is 4.13. The Bertz CT molecular complexity index is 385. The van der Waals surface area contributed by atoms with Crippen molar-refractivity contribution in [2.75, 3.05) is 31.6 Å². The largest absolute Gasteiger partial charge is 0.381 e. The van der Waals surface area contributed by atoms with Crippen LogP contribution in [0.1, 0.15) is 44.8 Å². The third kappa shape index (κ3) is 3.70. The van der Waals surface area contributed by atoms with Gasteiger partial charge in [-0.15, -0.1) is 0 Å². The van der Waals surface area contributed by atoms with Gasteiger partial charge in [0.25, 0.3) is 0 Å². The summed E-state index contributed by atoms with van der Waals surface area (Å²) in [5, 5.41) is 3.47. The van der Waals surface area contributed by atoms with Gasteiger partial charge in [-0.05, 0) is 37.9 Å². The van der Waals surface area contributed by atoms with Crippen LogP contribution >= 0.6 is 0 Å². The van der Waals surface area contributed by atoms with Crippen molar-refractivity contribution >= 4 is 5.69 Å². The molecule has 1 unspecified atom stereocenters. The second-order valence-electron chi connectivity index (χ2n) is 5.38. The van der Waals surface area contributed by atoms with E-state index < -0.39 is 0 Å². The molecule has 1 fully saturated rings. The molecule has 0 amide bonds. The van der Waals surface area contributed by atoms with Gasteiger partial charge in [-0.25, -0.2) is 0 Å². The van der Waals surface area contributed by atoms with Crippen molar-refractivity contribution in [3.63, 3.8) is 0 Å². The van der Waals surface area contributed by atoms with E-state index >= 15 is 0 Å². The SMILES string of the molecule is CCNC(CC)c1ccc(N2CCC(OC)CC2)cn1. The summed E-state index contributed by atoms with van der Waals surface area (Å²) in [6.07, 6.45) is 5.72. The Balaban J connectivity index is 1.97. The highest BCUT2D eigenvalue weighted by molar-refractivity contribution is 5.45. The molecule has 1 atom stereocenters. The Morgan fingerprint density at radius 3 is 2.60 bits per heavy atom. The molecular weight excluding hydrogens is 250 g/mol. The van der Waals surface area contributed by atoms with Gasteiger partial charge >= 0.3 is 0 Å². The molecule has 1 aliphatic heterocycles. The van der Waals surface area contributed by atoms with Crippen LogP contribution in [0, 0.1) is 0 Å². The Labute approximate surface area is 122 Å². The molecule has 0 saturated carbocycles. The number of nitrogens with zero attached hydrogens (tertiary/aromatic N) is 2. The van der Waals surface area contributed by atoms with Crippen molar-refractivity contribution in [1.82, 2.24) is 10.3 Å². The van der Waals surface area contributed by atoms with Crippen LogP contribution in [0.15, 0.2) is 18.3 Å². The first kappa shape index (κ1) is 15.3. The van der Waals surface area contributed by atoms with Gasteiger partial charge < -0.3 is 15.0 Å². The maximum absolute atomic E-state index is 5.42. The second kappa shape index (κ2) is 7.60. The molecule has 1 aromatic heterocycles. The highest BCUT2D eigenvalue weighted by Gasteiger charge is 2.19. The summed E-state index contributed by atoms with van der Waals surface area (Å²) in [6.45, 7) is 7.43. The minimum atomic E-state index is 0.369. The summed E-state index contributed by atoms with van der Waals surface area (Å²) < 4.78 is 5.42. The van der Waals surface area contributed by atoms with Crippen molar-refractivity contribution < 1.29 is 4.74 Å². The summed E-state index contributed by atoms with van der Waals surface area (Å²) in [4.78, 5) is 7.05. The summed E-state index contributed by atoms with van der Waals surface area (Å²) >= 11 is 0. The Kier molecular flexibility index (Phi) is 5.80. The molecule has 1 aliphatic rings. The predicted molar refractivity (Wildman–Crippen MR) is 83.2 cm³/mol. The third-order valence-electron chi connectivity index (χ3n) is 4.13. The molecule has 20 heavy (non-hydrogen) atoms. The molecular formula is C16H27N3O. The zero-order valence-corrected chi connectivity index (χ0v) is 12.9. The van der Waals surface area contributed by atoms with E-state index in [9.17, 15) is 0 Å². The highest BCUT2D eigenvalue weighted by atomic mass is 16.5. The van der Waals surface area contributed by atoms with Crippen LogP contribution in [0.4, 0.5) is 5.69 Å². The van der Waals surface area contributed by atoms with Crippen LogP contribution in [-0.4, -0.2) is 37.8 Å². The number of aromatic nitrogens is 1. The number of pyridine rings is 1. The summed E-state index contributed by atoms with van der Waals surface area (Å²) in [6, 6.07) is 4.73. The Morgan fingerprint density at radius 2 is 2.10 bits per heavy atom. The molecule has 1 saturated heterocycles. The number of hydrogen-bond acceptors (Lipinski definition) is 4. The normalized spacial score (nSPS) is 18.2. The van der Waals surface area contributed by atoms with Crippen molar-refractivity contribution in [2.24, 2.45) is 0 Å². The number of methoxy groups -OCH3 is 1. The zero-order valence-electron chi connectivity index (χ0n) is 12.9. The molecule has 0 aromatic carbocycles.